The Morgan fingerprint density at radius 1 is 1.19 bits per heavy atom. The predicted octanol–water partition coefficient (Wildman–Crippen LogP) is 4.31. The van der Waals surface area contributed by atoms with Crippen LogP contribution >= 0.6 is 0 Å². The summed E-state index contributed by atoms with van der Waals surface area (Å²) in [7, 11) is 0. The third kappa shape index (κ3) is 4.18. The van der Waals surface area contributed by atoms with Crippen molar-refractivity contribution in [3.63, 3.8) is 0 Å². The van der Waals surface area contributed by atoms with E-state index in [2.05, 4.69) is 10.4 Å². The smallest absolute Gasteiger partial charge is 0.276 e. The summed E-state index contributed by atoms with van der Waals surface area (Å²) in [4.78, 5) is 13.0. The minimum Gasteiger partial charge on any atom is -0.491 e. The highest BCUT2D eigenvalue weighted by Gasteiger charge is 2.27. The molecule has 5 rings (SSSR count). The van der Waals surface area contributed by atoms with Crippen molar-refractivity contribution in [1.29, 1.82) is 0 Å². The normalized spacial score (nSPS) is 17.5. The molecule has 6 nitrogen and oxygen atoms in total. The maximum atomic E-state index is 13.3. The van der Waals surface area contributed by atoms with Gasteiger partial charge in [-0.05, 0) is 68.5 Å². The Hall–Kier alpha value is -3.19. The van der Waals surface area contributed by atoms with Crippen LogP contribution in [0.3, 0.4) is 0 Å². The molecule has 2 aliphatic rings. The van der Waals surface area contributed by atoms with E-state index in [9.17, 15) is 9.18 Å². The van der Waals surface area contributed by atoms with Gasteiger partial charge >= 0.3 is 0 Å². The van der Waals surface area contributed by atoms with Crippen molar-refractivity contribution < 1.29 is 18.7 Å². The van der Waals surface area contributed by atoms with E-state index in [4.69, 9.17) is 9.47 Å². The minimum absolute atomic E-state index is 0.135. The van der Waals surface area contributed by atoms with Crippen LogP contribution in [-0.4, -0.2) is 35.0 Å². The number of amides is 1. The second-order valence-electron chi connectivity index (χ2n) is 7.94. The maximum absolute atomic E-state index is 13.3. The molecular formula is C24H24FN3O3. The van der Waals surface area contributed by atoms with Gasteiger partial charge in [-0.15, -0.1) is 0 Å². The Morgan fingerprint density at radius 3 is 2.87 bits per heavy atom. The van der Waals surface area contributed by atoms with Crippen LogP contribution in [0.1, 0.15) is 41.0 Å². The first-order valence-electron chi connectivity index (χ1n) is 10.7. The van der Waals surface area contributed by atoms with Crippen molar-refractivity contribution in [3.05, 3.63) is 71.3 Å². The fourth-order valence-corrected chi connectivity index (χ4v) is 4.23. The minimum atomic E-state index is -0.299. The van der Waals surface area contributed by atoms with Gasteiger partial charge < -0.3 is 14.8 Å². The van der Waals surface area contributed by atoms with Gasteiger partial charge in [0.05, 0.1) is 11.8 Å². The average molecular weight is 421 g/mol. The first kappa shape index (κ1) is 19.8. The number of ether oxygens (including phenoxy) is 2. The molecule has 2 aromatic carbocycles. The lowest BCUT2D eigenvalue weighted by Gasteiger charge is -2.12. The molecule has 0 spiro atoms. The van der Waals surface area contributed by atoms with Crippen LogP contribution < -0.4 is 10.1 Å². The number of carbonyl (C=O) groups is 1. The molecule has 2 heterocycles. The Kier molecular flexibility index (Phi) is 5.42. The molecule has 1 aliphatic heterocycles. The topological polar surface area (TPSA) is 65.4 Å². The largest absolute Gasteiger partial charge is 0.491 e. The SMILES string of the molecule is O=C(Nc1cccc(OC[C@@H]2CCCO2)c1)c1nn(-c2ccc(F)cc2)c2c1CCC2. The van der Waals surface area contributed by atoms with Crippen molar-refractivity contribution in [3.8, 4) is 11.4 Å². The zero-order chi connectivity index (χ0) is 21.2. The van der Waals surface area contributed by atoms with Crippen LogP contribution in [0.5, 0.6) is 5.75 Å². The Balaban J connectivity index is 1.33. The van der Waals surface area contributed by atoms with E-state index in [0.717, 1.165) is 55.7 Å². The monoisotopic (exact) mass is 421 g/mol. The molecule has 160 valence electrons. The van der Waals surface area contributed by atoms with Gasteiger partial charge in [0.2, 0.25) is 0 Å². The van der Waals surface area contributed by atoms with E-state index in [0.29, 0.717) is 23.7 Å². The van der Waals surface area contributed by atoms with Gasteiger partial charge in [-0.3, -0.25) is 4.79 Å². The molecule has 1 aromatic heterocycles. The summed E-state index contributed by atoms with van der Waals surface area (Å²) in [6.07, 6.45) is 4.85. The van der Waals surface area contributed by atoms with Crippen LogP contribution in [0.15, 0.2) is 48.5 Å². The zero-order valence-corrected chi connectivity index (χ0v) is 17.1. The molecule has 1 saturated heterocycles. The maximum Gasteiger partial charge on any atom is 0.276 e. The van der Waals surface area contributed by atoms with Gasteiger partial charge in [-0.1, -0.05) is 6.07 Å². The molecule has 7 heteroatoms. The predicted molar refractivity (Wildman–Crippen MR) is 114 cm³/mol. The molecule has 0 bridgehead atoms. The number of hydrogen-bond acceptors (Lipinski definition) is 4. The molecule has 0 saturated carbocycles. The molecule has 1 aliphatic carbocycles. The van der Waals surface area contributed by atoms with E-state index in [1.807, 2.05) is 24.3 Å². The summed E-state index contributed by atoms with van der Waals surface area (Å²) in [6, 6.07) is 13.5. The third-order valence-corrected chi connectivity index (χ3v) is 5.77. The second kappa shape index (κ2) is 8.51. The molecule has 1 N–H and O–H groups in total. The summed E-state index contributed by atoms with van der Waals surface area (Å²) < 4.78 is 26.5. The van der Waals surface area contributed by atoms with Gasteiger partial charge in [0.1, 0.15) is 18.2 Å². The molecule has 3 aromatic rings. The molecule has 0 radical (unpaired) electrons. The van der Waals surface area contributed by atoms with E-state index in [1.54, 1.807) is 16.8 Å². The number of hydrogen-bond donors (Lipinski definition) is 1. The lowest BCUT2D eigenvalue weighted by molar-refractivity contribution is 0.0680. The molecule has 31 heavy (non-hydrogen) atoms. The standard InChI is InChI=1S/C24H24FN3O3/c25-16-9-11-18(12-10-16)28-22-8-2-7-21(22)23(27-28)24(29)26-17-4-1-5-19(14-17)31-15-20-6-3-13-30-20/h1,4-5,9-12,14,20H,2-3,6-8,13,15H2,(H,26,29)/t20-/m0/s1. The van der Waals surface area contributed by atoms with Crippen LogP contribution in [-0.2, 0) is 17.6 Å². The van der Waals surface area contributed by atoms with Gasteiger partial charge in [-0.25, -0.2) is 9.07 Å². The van der Waals surface area contributed by atoms with E-state index < -0.39 is 0 Å². The molecule has 0 unspecified atom stereocenters. The van der Waals surface area contributed by atoms with E-state index >= 15 is 0 Å². The Morgan fingerprint density at radius 2 is 2.06 bits per heavy atom. The summed E-state index contributed by atoms with van der Waals surface area (Å²) in [5.41, 5.74) is 3.81. The van der Waals surface area contributed by atoms with Crippen LogP contribution in [0.2, 0.25) is 0 Å². The van der Waals surface area contributed by atoms with Gasteiger partial charge in [-0.2, -0.15) is 5.10 Å². The number of carbonyl (C=O) groups excluding carboxylic acids is 1. The number of nitrogens with zero attached hydrogens (tertiary/aromatic N) is 2. The highest BCUT2D eigenvalue weighted by atomic mass is 19.1. The first-order chi connectivity index (χ1) is 15.2. The summed E-state index contributed by atoms with van der Waals surface area (Å²) in [5.74, 6) is 0.137. The van der Waals surface area contributed by atoms with Crippen molar-refractivity contribution in [2.45, 2.75) is 38.2 Å². The average Bonchev–Trinajstić information content (AvgIpc) is 3.51. The molecule has 1 fully saturated rings. The quantitative estimate of drug-likeness (QED) is 0.644. The van der Waals surface area contributed by atoms with Crippen molar-refractivity contribution in [1.82, 2.24) is 9.78 Å². The highest BCUT2D eigenvalue weighted by Crippen LogP contribution is 2.29. The van der Waals surface area contributed by atoms with Crippen molar-refractivity contribution in [2.75, 3.05) is 18.5 Å². The molecule has 1 atom stereocenters. The van der Waals surface area contributed by atoms with Crippen molar-refractivity contribution in [2.24, 2.45) is 0 Å². The molecular weight excluding hydrogens is 397 g/mol. The summed E-state index contributed by atoms with van der Waals surface area (Å²) in [6.45, 7) is 1.30. The van der Waals surface area contributed by atoms with Crippen LogP contribution in [0.25, 0.3) is 5.69 Å². The van der Waals surface area contributed by atoms with Gasteiger partial charge in [0, 0.05) is 29.6 Å². The van der Waals surface area contributed by atoms with E-state index in [1.165, 1.54) is 12.1 Å². The molecule has 1 amide bonds. The highest BCUT2D eigenvalue weighted by molar-refractivity contribution is 6.04. The van der Waals surface area contributed by atoms with Gasteiger partial charge in [0.25, 0.3) is 5.91 Å². The lowest BCUT2D eigenvalue weighted by Crippen LogP contribution is -2.17. The summed E-state index contributed by atoms with van der Waals surface area (Å²) in [5, 5.41) is 7.52. The number of nitrogens with one attached hydrogen (secondary N) is 1. The first-order valence-corrected chi connectivity index (χ1v) is 10.7. The second-order valence-corrected chi connectivity index (χ2v) is 7.94. The number of halogens is 1. The fourth-order valence-electron chi connectivity index (χ4n) is 4.23. The lowest BCUT2D eigenvalue weighted by atomic mass is 10.2. The fraction of sp³-hybridized carbons (Fsp3) is 0.333. The third-order valence-electron chi connectivity index (χ3n) is 5.77. The van der Waals surface area contributed by atoms with Crippen LogP contribution in [0, 0.1) is 5.82 Å². The zero-order valence-electron chi connectivity index (χ0n) is 17.1. The van der Waals surface area contributed by atoms with Gasteiger partial charge in [0.15, 0.2) is 5.69 Å². The number of rotatable bonds is 6. The number of fused-ring (bicyclic) bond motifs is 1. The van der Waals surface area contributed by atoms with Crippen LogP contribution in [0.4, 0.5) is 10.1 Å². The number of aromatic nitrogens is 2. The number of anilines is 1. The van der Waals surface area contributed by atoms with E-state index in [-0.39, 0.29) is 17.8 Å². The number of benzene rings is 2. The Labute approximate surface area is 180 Å². The van der Waals surface area contributed by atoms with Crippen molar-refractivity contribution >= 4 is 11.6 Å². The summed E-state index contributed by atoms with van der Waals surface area (Å²) >= 11 is 0. The Bertz CT molecular complexity index is 1090.